The molecule has 176 valence electrons. The molecule has 0 saturated heterocycles. The van der Waals surface area contributed by atoms with Gasteiger partial charge >= 0.3 is 10.0 Å². The van der Waals surface area contributed by atoms with Crippen molar-refractivity contribution in [1.82, 2.24) is 3.89 Å². The second-order valence-electron chi connectivity index (χ2n) is 7.84. The highest BCUT2D eigenvalue weighted by Crippen LogP contribution is 2.38. The third-order valence-electron chi connectivity index (χ3n) is 5.80. The molecule has 0 spiro atoms. The number of thiocarbonyl (C=S) groups is 1. The molecule has 2 aromatic carbocycles. The summed E-state index contributed by atoms with van der Waals surface area (Å²) in [5, 5.41) is 0. The van der Waals surface area contributed by atoms with Gasteiger partial charge in [-0.25, -0.2) is 0 Å². The molecule has 0 bridgehead atoms. The molecular weight excluding hydrogens is 468 g/mol. The van der Waals surface area contributed by atoms with E-state index in [-0.39, 0.29) is 16.2 Å². The Bertz CT molecular complexity index is 1310. The number of hydrogen-bond donors (Lipinski definition) is 1. The number of nitrogens with two attached hydrogens (primary N) is 1. The molecule has 0 saturated carbocycles. The molecule has 8 heteroatoms. The maximum atomic E-state index is 13.3. The first-order valence-electron chi connectivity index (χ1n) is 11.0. The van der Waals surface area contributed by atoms with Gasteiger partial charge in [-0.2, -0.15) is 12.3 Å². The fourth-order valence-electron chi connectivity index (χ4n) is 4.00. The number of rotatable bonds is 8. The number of para-hydroxylation sites is 2. The number of quaternary nitrogens is 1. The molecule has 2 aromatic rings. The van der Waals surface area contributed by atoms with Gasteiger partial charge < -0.3 is 15.2 Å². The van der Waals surface area contributed by atoms with E-state index in [4.69, 9.17) is 27.4 Å². The Morgan fingerprint density at radius 1 is 1.03 bits per heavy atom. The highest BCUT2D eigenvalue weighted by atomic mass is 32.2. The highest BCUT2D eigenvalue weighted by Gasteiger charge is 2.46. The first-order chi connectivity index (χ1) is 16.4. The molecule has 1 unspecified atom stereocenters. The fourth-order valence-corrected chi connectivity index (χ4v) is 5.84. The van der Waals surface area contributed by atoms with Gasteiger partial charge in [0, 0.05) is 23.4 Å². The molecule has 2 aliphatic rings. The molecule has 0 fully saturated rings. The van der Waals surface area contributed by atoms with Crippen molar-refractivity contribution in [3.8, 4) is 17.2 Å². The van der Waals surface area contributed by atoms with E-state index in [1.165, 1.54) is 0 Å². The molecule has 6 nitrogen and oxygen atoms in total. The third kappa shape index (κ3) is 4.63. The van der Waals surface area contributed by atoms with E-state index in [1.807, 2.05) is 54.6 Å². The van der Waals surface area contributed by atoms with Crippen LogP contribution in [0.5, 0.6) is 17.2 Å². The van der Waals surface area contributed by atoms with Crippen LogP contribution in [0, 0.1) is 0 Å². The number of allylic oxidation sites excluding steroid dienone is 5. The van der Waals surface area contributed by atoms with E-state index >= 15 is 0 Å². The van der Waals surface area contributed by atoms with Crippen LogP contribution in [0.3, 0.4) is 0 Å². The molecule has 1 aliphatic heterocycles. The van der Waals surface area contributed by atoms with Gasteiger partial charge in [-0.1, -0.05) is 30.4 Å². The Balaban J connectivity index is 1.62. The van der Waals surface area contributed by atoms with Crippen LogP contribution in [-0.4, -0.2) is 32.1 Å². The average Bonchev–Trinajstić information content (AvgIpc) is 2.86. The zero-order chi connectivity index (χ0) is 24.2. The Kier molecular flexibility index (Phi) is 7.13. The third-order valence-corrected chi connectivity index (χ3v) is 8.37. The Morgan fingerprint density at radius 3 is 2.35 bits per heavy atom. The van der Waals surface area contributed by atoms with E-state index in [0.717, 1.165) is 4.86 Å². The summed E-state index contributed by atoms with van der Waals surface area (Å²) in [6, 6.07) is 14.5. The lowest BCUT2D eigenvalue weighted by atomic mass is 10.2. The van der Waals surface area contributed by atoms with Gasteiger partial charge in [0.05, 0.1) is 12.3 Å². The molecular formula is C26H27N2O4S2+. The molecule has 1 heterocycles. The minimum atomic E-state index is -3.54. The van der Waals surface area contributed by atoms with Gasteiger partial charge in [-0.05, 0) is 61.6 Å². The van der Waals surface area contributed by atoms with Crippen molar-refractivity contribution in [2.45, 2.75) is 13.3 Å². The number of hydrogen-bond acceptors (Lipinski definition) is 6. The van der Waals surface area contributed by atoms with Crippen molar-refractivity contribution in [2.75, 3.05) is 18.8 Å². The number of nitrogens with zero attached hydrogens (tertiary/aromatic N) is 1. The van der Waals surface area contributed by atoms with Crippen molar-refractivity contribution in [2.24, 2.45) is 5.73 Å². The zero-order valence-corrected chi connectivity index (χ0v) is 20.5. The molecule has 0 radical (unpaired) electrons. The van der Waals surface area contributed by atoms with Crippen LogP contribution >= 0.6 is 12.2 Å². The van der Waals surface area contributed by atoms with Crippen LogP contribution in [-0.2, 0) is 10.0 Å². The summed E-state index contributed by atoms with van der Waals surface area (Å²) in [4.78, 5) is 0.860. The second kappa shape index (κ2) is 10.1. The SMILES string of the molecule is CCS(=O)(=O)[N+]1(c2ccc(Oc3ccccc3OC3=CCC(=S)C=C3)cc2)CC=CC=C1CN. The molecule has 1 aliphatic carbocycles. The van der Waals surface area contributed by atoms with Gasteiger partial charge in [0.25, 0.3) is 0 Å². The predicted molar refractivity (Wildman–Crippen MR) is 140 cm³/mol. The predicted octanol–water partition coefficient (Wildman–Crippen LogP) is 5.14. The van der Waals surface area contributed by atoms with Gasteiger partial charge in [0.2, 0.25) is 0 Å². The summed E-state index contributed by atoms with van der Waals surface area (Å²) in [6.07, 6.45) is 11.8. The smallest absolute Gasteiger partial charge is 0.306 e. The first kappa shape index (κ1) is 24.1. The van der Waals surface area contributed by atoms with Gasteiger partial charge in [0.15, 0.2) is 17.2 Å². The van der Waals surface area contributed by atoms with Crippen molar-refractivity contribution < 1.29 is 17.9 Å². The molecule has 2 N–H and O–H groups in total. The molecule has 4 rings (SSSR count). The summed E-state index contributed by atoms with van der Waals surface area (Å²) in [7, 11) is -3.54. The second-order valence-corrected chi connectivity index (χ2v) is 10.7. The largest absolute Gasteiger partial charge is 0.454 e. The number of benzene rings is 2. The summed E-state index contributed by atoms with van der Waals surface area (Å²) < 4.78 is 38.3. The monoisotopic (exact) mass is 495 g/mol. The van der Waals surface area contributed by atoms with Crippen LogP contribution in [0.25, 0.3) is 0 Å². The molecule has 34 heavy (non-hydrogen) atoms. The van der Waals surface area contributed by atoms with Crippen molar-refractivity contribution >= 4 is 32.8 Å². The van der Waals surface area contributed by atoms with Crippen molar-refractivity contribution in [1.29, 1.82) is 0 Å². The summed E-state index contributed by atoms with van der Waals surface area (Å²) in [5.41, 5.74) is 7.21. The normalized spacial score (nSPS) is 20.0. The highest BCUT2D eigenvalue weighted by molar-refractivity contribution is 7.91. The lowest BCUT2D eigenvalue weighted by Gasteiger charge is -2.37. The van der Waals surface area contributed by atoms with Crippen LogP contribution in [0.15, 0.2) is 96.4 Å². The number of sulfonamides is 1. The Morgan fingerprint density at radius 2 is 1.74 bits per heavy atom. The van der Waals surface area contributed by atoms with Gasteiger partial charge in [0.1, 0.15) is 23.8 Å². The summed E-state index contributed by atoms with van der Waals surface area (Å²) in [6.45, 7) is 2.09. The van der Waals surface area contributed by atoms with E-state index < -0.39 is 10.0 Å². The van der Waals surface area contributed by atoms with E-state index in [0.29, 0.717) is 47.4 Å². The molecule has 1 atom stereocenters. The average molecular weight is 496 g/mol. The van der Waals surface area contributed by atoms with Crippen LogP contribution in [0.2, 0.25) is 0 Å². The van der Waals surface area contributed by atoms with Gasteiger partial charge in [-0.15, -0.1) is 0 Å². The quantitative estimate of drug-likeness (QED) is 0.404. The standard InChI is InChI=1S/C26H27N2O4S2/c1-2-34(29,30)28(18-6-5-7-21(28)19-27)20-10-12-22(13-11-20)31-25-8-3-4-9-26(25)32-23-14-16-24(33)17-15-23/h3-16H,2,17-19,27H2,1H3/q+1. The number of ether oxygens (including phenoxy) is 2. The molecule has 0 amide bonds. The maximum Gasteiger partial charge on any atom is 0.306 e. The zero-order valence-electron chi connectivity index (χ0n) is 18.9. The lowest BCUT2D eigenvalue weighted by Crippen LogP contribution is -2.56. The summed E-state index contributed by atoms with van der Waals surface area (Å²) >= 11 is 5.18. The summed E-state index contributed by atoms with van der Waals surface area (Å²) in [5.74, 6) is 2.38. The Hall–Kier alpha value is -3.04. The van der Waals surface area contributed by atoms with Crippen molar-refractivity contribution in [3.05, 3.63) is 96.4 Å². The first-order valence-corrected chi connectivity index (χ1v) is 13.0. The lowest BCUT2D eigenvalue weighted by molar-refractivity contribution is 0.397. The van der Waals surface area contributed by atoms with E-state index in [1.54, 1.807) is 37.3 Å². The Labute approximate surface area is 205 Å². The minimum Gasteiger partial charge on any atom is -0.454 e. The minimum absolute atomic E-state index is 0.00380. The van der Waals surface area contributed by atoms with Crippen LogP contribution in [0.1, 0.15) is 13.3 Å². The van der Waals surface area contributed by atoms with E-state index in [2.05, 4.69) is 0 Å². The van der Waals surface area contributed by atoms with E-state index in [9.17, 15) is 8.42 Å². The van der Waals surface area contributed by atoms with Crippen LogP contribution < -0.4 is 19.1 Å². The maximum absolute atomic E-state index is 13.3. The van der Waals surface area contributed by atoms with Gasteiger partial charge in [-0.3, -0.25) is 0 Å². The fraction of sp³-hybridized carbons (Fsp3) is 0.192. The molecule has 0 aromatic heterocycles. The van der Waals surface area contributed by atoms with Crippen molar-refractivity contribution in [3.63, 3.8) is 0 Å². The van der Waals surface area contributed by atoms with Crippen LogP contribution in [0.4, 0.5) is 5.69 Å². The topological polar surface area (TPSA) is 78.6 Å².